The summed E-state index contributed by atoms with van der Waals surface area (Å²) in [5.74, 6) is 0.532. The van der Waals surface area contributed by atoms with E-state index in [4.69, 9.17) is 5.73 Å². The molecule has 0 saturated heterocycles. The van der Waals surface area contributed by atoms with Crippen molar-refractivity contribution >= 4 is 11.3 Å². The molecule has 0 aliphatic rings. The Morgan fingerprint density at radius 2 is 2.56 bits per heavy atom. The third kappa shape index (κ3) is 1.53. The molecule has 0 fully saturated rings. The average Bonchev–Trinajstić information content (AvgIpc) is 2.37. The average molecular weight is 141 g/mol. The van der Waals surface area contributed by atoms with Crippen molar-refractivity contribution in [1.29, 1.82) is 0 Å². The first-order chi connectivity index (χ1) is 4.34. The maximum absolute atomic E-state index is 5.47. The van der Waals surface area contributed by atoms with E-state index in [0.717, 1.165) is 6.54 Å². The van der Waals surface area contributed by atoms with Crippen LogP contribution in [0.15, 0.2) is 17.5 Å². The fraction of sp³-hybridized carbons (Fsp3) is 0.429. The minimum atomic E-state index is 0.532. The summed E-state index contributed by atoms with van der Waals surface area (Å²) >= 11 is 1.78. The highest BCUT2D eigenvalue weighted by Gasteiger charge is 2.01. The molecule has 1 nitrogen and oxygen atoms in total. The molecule has 0 aromatic carbocycles. The SMILES string of the molecule is CC(CN)c1cccs1. The van der Waals surface area contributed by atoms with Crippen LogP contribution in [-0.2, 0) is 0 Å². The van der Waals surface area contributed by atoms with Gasteiger partial charge in [0.1, 0.15) is 0 Å². The van der Waals surface area contributed by atoms with E-state index in [-0.39, 0.29) is 0 Å². The van der Waals surface area contributed by atoms with Crippen LogP contribution in [0.5, 0.6) is 0 Å². The summed E-state index contributed by atoms with van der Waals surface area (Å²) in [5, 5.41) is 2.08. The summed E-state index contributed by atoms with van der Waals surface area (Å²) in [6.45, 7) is 2.90. The summed E-state index contributed by atoms with van der Waals surface area (Å²) in [5.41, 5.74) is 5.47. The molecule has 0 amide bonds. The van der Waals surface area contributed by atoms with Gasteiger partial charge in [0.05, 0.1) is 0 Å². The first-order valence-electron chi connectivity index (χ1n) is 3.08. The molecule has 0 aliphatic carbocycles. The Balaban J connectivity index is 2.65. The summed E-state index contributed by atoms with van der Waals surface area (Å²) in [6.07, 6.45) is 0. The smallest absolute Gasteiger partial charge is 0.00860 e. The van der Waals surface area contributed by atoms with E-state index < -0.39 is 0 Å². The molecular weight excluding hydrogens is 130 g/mol. The summed E-state index contributed by atoms with van der Waals surface area (Å²) in [7, 11) is 0. The molecule has 1 heterocycles. The highest BCUT2D eigenvalue weighted by molar-refractivity contribution is 7.10. The topological polar surface area (TPSA) is 26.0 Å². The van der Waals surface area contributed by atoms with Gasteiger partial charge in [-0.25, -0.2) is 0 Å². The Hall–Kier alpha value is -0.340. The fourth-order valence-electron chi connectivity index (χ4n) is 0.688. The van der Waals surface area contributed by atoms with E-state index in [9.17, 15) is 0 Å². The van der Waals surface area contributed by atoms with Gasteiger partial charge < -0.3 is 5.73 Å². The van der Waals surface area contributed by atoms with E-state index in [1.54, 1.807) is 11.3 Å². The van der Waals surface area contributed by atoms with E-state index >= 15 is 0 Å². The lowest BCUT2D eigenvalue weighted by Gasteiger charge is -2.02. The molecule has 9 heavy (non-hydrogen) atoms. The lowest BCUT2D eigenvalue weighted by Crippen LogP contribution is -2.06. The Morgan fingerprint density at radius 1 is 1.78 bits per heavy atom. The maximum atomic E-state index is 5.47. The zero-order chi connectivity index (χ0) is 6.69. The number of hydrogen-bond donors (Lipinski definition) is 1. The molecule has 1 unspecified atom stereocenters. The predicted molar refractivity (Wildman–Crippen MR) is 41.8 cm³/mol. The number of thiophene rings is 1. The Labute approximate surface area is 59.5 Å². The second-order valence-corrected chi connectivity index (χ2v) is 3.13. The highest BCUT2D eigenvalue weighted by Crippen LogP contribution is 2.18. The van der Waals surface area contributed by atoms with Gasteiger partial charge in [0, 0.05) is 10.8 Å². The number of nitrogens with two attached hydrogens (primary N) is 1. The van der Waals surface area contributed by atoms with E-state index in [0.29, 0.717) is 5.92 Å². The molecule has 0 bridgehead atoms. The van der Waals surface area contributed by atoms with Gasteiger partial charge in [-0.05, 0) is 18.0 Å². The predicted octanol–water partition coefficient (Wildman–Crippen LogP) is 1.81. The van der Waals surface area contributed by atoms with Crippen LogP contribution in [0, 0.1) is 0 Å². The van der Waals surface area contributed by atoms with Gasteiger partial charge in [0.2, 0.25) is 0 Å². The van der Waals surface area contributed by atoms with E-state index in [1.165, 1.54) is 4.88 Å². The van der Waals surface area contributed by atoms with Gasteiger partial charge in [-0.1, -0.05) is 13.0 Å². The van der Waals surface area contributed by atoms with Crippen LogP contribution in [0.25, 0.3) is 0 Å². The maximum Gasteiger partial charge on any atom is 0.00860 e. The van der Waals surface area contributed by atoms with Crippen LogP contribution in [0.2, 0.25) is 0 Å². The lowest BCUT2D eigenvalue weighted by molar-refractivity contribution is 0.790. The molecule has 2 N–H and O–H groups in total. The summed E-state index contributed by atoms with van der Waals surface area (Å²) in [6, 6.07) is 4.19. The van der Waals surface area contributed by atoms with Crippen LogP contribution in [-0.4, -0.2) is 6.54 Å². The summed E-state index contributed by atoms with van der Waals surface area (Å²) in [4.78, 5) is 1.39. The monoisotopic (exact) mass is 141 g/mol. The zero-order valence-corrected chi connectivity index (χ0v) is 6.32. The second-order valence-electron chi connectivity index (χ2n) is 2.15. The van der Waals surface area contributed by atoms with Crippen molar-refractivity contribution in [3.63, 3.8) is 0 Å². The van der Waals surface area contributed by atoms with E-state index in [1.807, 2.05) is 0 Å². The first kappa shape index (κ1) is 6.78. The zero-order valence-electron chi connectivity index (χ0n) is 5.50. The molecule has 0 aliphatic heterocycles. The molecule has 50 valence electrons. The minimum absolute atomic E-state index is 0.532. The van der Waals surface area contributed by atoms with Gasteiger partial charge in [0.25, 0.3) is 0 Å². The molecule has 2 heteroatoms. The molecule has 0 radical (unpaired) electrons. The molecule has 0 spiro atoms. The van der Waals surface area contributed by atoms with Gasteiger partial charge in [-0.3, -0.25) is 0 Å². The molecule has 1 aromatic rings. The normalized spacial score (nSPS) is 13.6. The van der Waals surface area contributed by atoms with Crippen LogP contribution < -0.4 is 5.73 Å². The van der Waals surface area contributed by atoms with Crippen LogP contribution >= 0.6 is 11.3 Å². The molecule has 1 atom stereocenters. The van der Waals surface area contributed by atoms with Gasteiger partial charge in [-0.2, -0.15) is 0 Å². The van der Waals surface area contributed by atoms with Crippen molar-refractivity contribution in [2.24, 2.45) is 5.73 Å². The van der Waals surface area contributed by atoms with Crippen LogP contribution in [0.4, 0.5) is 0 Å². The Morgan fingerprint density at radius 3 is 3.00 bits per heavy atom. The van der Waals surface area contributed by atoms with Gasteiger partial charge in [-0.15, -0.1) is 11.3 Å². The van der Waals surface area contributed by atoms with Crippen LogP contribution in [0.3, 0.4) is 0 Å². The van der Waals surface area contributed by atoms with Crippen molar-refractivity contribution < 1.29 is 0 Å². The third-order valence-electron chi connectivity index (χ3n) is 1.38. The van der Waals surface area contributed by atoms with Crippen molar-refractivity contribution in [2.45, 2.75) is 12.8 Å². The third-order valence-corrected chi connectivity index (χ3v) is 2.49. The highest BCUT2D eigenvalue weighted by atomic mass is 32.1. The first-order valence-corrected chi connectivity index (χ1v) is 3.96. The van der Waals surface area contributed by atoms with Gasteiger partial charge >= 0.3 is 0 Å². The Kier molecular flexibility index (Phi) is 2.25. The minimum Gasteiger partial charge on any atom is -0.330 e. The Bertz CT molecular complexity index is 157. The number of rotatable bonds is 2. The van der Waals surface area contributed by atoms with Crippen LogP contribution in [0.1, 0.15) is 17.7 Å². The molecule has 1 rings (SSSR count). The molecule has 1 aromatic heterocycles. The lowest BCUT2D eigenvalue weighted by atomic mass is 10.1. The standard InChI is InChI=1S/C7H11NS/c1-6(5-8)7-3-2-4-9-7/h2-4,6H,5,8H2,1H3. The molecular formula is C7H11NS. The largest absolute Gasteiger partial charge is 0.330 e. The van der Waals surface area contributed by atoms with E-state index in [2.05, 4.69) is 24.4 Å². The number of hydrogen-bond acceptors (Lipinski definition) is 2. The van der Waals surface area contributed by atoms with Gasteiger partial charge in [0.15, 0.2) is 0 Å². The van der Waals surface area contributed by atoms with Crippen molar-refractivity contribution in [2.75, 3.05) is 6.54 Å². The van der Waals surface area contributed by atoms with Crippen molar-refractivity contribution in [3.05, 3.63) is 22.4 Å². The van der Waals surface area contributed by atoms with Crippen molar-refractivity contribution in [3.8, 4) is 0 Å². The second kappa shape index (κ2) is 2.99. The molecule has 0 saturated carbocycles. The fourth-order valence-corrected chi connectivity index (χ4v) is 1.49. The summed E-state index contributed by atoms with van der Waals surface area (Å²) < 4.78 is 0. The van der Waals surface area contributed by atoms with Crippen molar-refractivity contribution in [1.82, 2.24) is 0 Å². The quantitative estimate of drug-likeness (QED) is 0.668.